The van der Waals surface area contributed by atoms with E-state index in [1.54, 1.807) is 0 Å². The van der Waals surface area contributed by atoms with Crippen molar-refractivity contribution in [3.8, 4) is 0 Å². The predicted octanol–water partition coefficient (Wildman–Crippen LogP) is 3.16. The van der Waals surface area contributed by atoms with Gasteiger partial charge in [-0.2, -0.15) is 0 Å². The van der Waals surface area contributed by atoms with E-state index in [-0.39, 0.29) is 0 Å². The first kappa shape index (κ1) is 9.79. The quantitative estimate of drug-likeness (QED) is 0.588. The van der Waals surface area contributed by atoms with Crippen molar-refractivity contribution in [1.82, 2.24) is 0 Å². The van der Waals surface area contributed by atoms with Crippen molar-refractivity contribution < 1.29 is 4.74 Å². The Hall–Kier alpha value is -0.300. The third-order valence-corrected chi connectivity index (χ3v) is 2.84. The first-order valence-corrected chi connectivity index (χ1v) is 5.05. The molecule has 1 nitrogen and oxygen atoms in total. The minimum Gasteiger partial charge on any atom is -0.374 e. The van der Waals surface area contributed by atoms with Crippen LogP contribution in [0, 0.1) is 5.92 Å². The lowest BCUT2D eigenvalue weighted by atomic mass is 9.91. The molecule has 0 aliphatic carbocycles. The third kappa shape index (κ3) is 2.34. The molecule has 1 aliphatic rings. The smallest absolute Gasteiger partial charge is 0.0654 e. The van der Waals surface area contributed by atoms with E-state index in [0.29, 0.717) is 6.10 Å². The summed E-state index contributed by atoms with van der Waals surface area (Å²) < 4.78 is 5.72. The summed E-state index contributed by atoms with van der Waals surface area (Å²) in [5, 5.41) is 0. The van der Waals surface area contributed by atoms with E-state index in [0.717, 1.165) is 18.9 Å². The molecule has 1 aliphatic heterocycles. The Morgan fingerprint density at radius 1 is 1.50 bits per heavy atom. The van der Waals surface area contributed by atoms with Gasteiger partial charge in [0.15, 0.2) is 0 Å². The van der Waals surface area contributed by atoms with Gasteiger partial charge < -0.3 is 4.74 Å². The van der Waals surface area contributed by atoms with Gasteiger partial charge in [0.2, 0.25) is 0 Å². The van der Waals surface area contributed by atoms with E-state index in [9.17, 15) is 0 Å². The van der Waals surface area contributed by atoms with Gasteiger partial charge in [-0.3, -0.25) is 0 Å². The molecule has 0 aromatic carbocycles. The van der Waals surface area contributed by atoms with E-state index in [2.05, 4.69) is 26.8 Å². The SMILES string of the molecule is CCC(CC)C1CC(C)=CCO1. The summed E-state index contributed by atoms with van der Waals surface area (Å²) >= 11 is 0. The van der Waals surface area contributed by atoms with Crippen molar-refractivity contribution >= 4 is 0 Å². The largest absolute Gasteiger partial charge is 0.374 e. The standard InChI is InChI=1S/C11H20O/c1-4-10(5-2)11-8-9(3)6-7-12-11/h6,10-11H,4-5,7-8H2,1-3H3. The highest BCUT2D eigenvalue weighted by Crippen LogP contribution is 2.24. The van der Waals surface area contributed by atoms with Crippen LogP contribution >= 0.6 is 0 Å². The van der Waals surface area contributed by atoms with Gasteiger partial charge in [0, 0.05) is 0 Å². The minimum absolute atomic E-state index is 0.491. The van der Waals surface area contributed by atoms with E-state index in [1.165, 1.54) is 18.4 Å². The molecule has 0 saturated carbocycles. The van der Waals surface area contributed by atoms with Crippen molar-refractivity contribution in [2.45, 2.75) is 46.1 Å². The second-order valence-electron chi connectivity index (χ2n) is 3.70. The molecule has 0 amide bonds. The van der Waals surface area contributed by atoms with E-state index in [1.807, 2.05) is 0 Å². The summed E-state index contributed by atoms with van der Waals surface area (Å²) in [5.74, 6) is 0.758. The molecule has 70 valence electrons. The summed E-state index contributed by atoms with van der Waals surface area (Å²) in [6.45, 7) is 7.54. The third-order valence-electron chi connectivity index (χ3n) is 2.84. The van der Waals surface area contributed by atoms with Crippen LogP contribution in [0.15, 0.2) is 11.6 Å². The molecule has 0 saturated heterocycles. The topological polar surface area (TPSA) is 9.23 Å². The van der Waals surface area contributed by atoms with Crippen LogP contribution in [0.25, 0.3) is 0 Å². The zero-order chi connectivity index (χ0) is 8.97. The molecule has 0 radical (unpaired) electrons. The highest BCUT2D eigenvalue weighted by molar-refractivity contribution is 5.03. The summed E-state index contributed by atoms with van der Waals surface area (Å²) in [7, 11) is 0. The predicted molar refractivity (Wildman–Crippen MR) is 52.2 cm³/mol. The lowest BCUT2D eigenvalue weighted by Crippen LogP contribution is -2.26. The van der Waals surface area contributed by atoms with Crippen molar-refractivity contribution in [2.24, 2.45) is 5.92 Å². The van der Waals surface area contributed by atoms with Crippen molar-refractivity contribution in [3.05, 3.63) is 11.6 Å². The molecule has 0 aromatic heterocycles. The molecular weight excluding hydrogens is 148 g/mol. The van der Waals surface area contributed by atoms with Gasteiger partial charge in [-0.1, -0.05) is 38.3 Å². The fourth-order valence-electron chi connectivity index (χ4n) is 1.89. The zero-order valence-corrected chi connectivity index (χ0v) is 8.47. The maximum atomic E-state index is 5.72. The van der Waals surface area contributed by atoms with Crippen LogP contribution in [0.2, 0.25) is 0 Å². The second kappa shape index (κ2) is 4.66. The van der Waals surface area contributed by atoms with Crippen LogP contribution in [0.1, 0.15) is 40.0 Å². The summed E-state index contributed by atoms with van der Waals surface area (Å²) in [5.41, 5.74) is 1.50. The Bertz CT molecular complexity index is 156. The number of hydrogen-bond donors (Lipinski definition) is 0. The molecule has 1 unspecified atom stereocenters. The maximum Gasteiger partial charge on any atom is 0.0654 e. The van der Waals surface area contributed by atoms with Gasteiger partial charge in [0.1, 0.15) is 0 Å². The van der Waals surface area contributed by atoms with Crippen LogP contribution in [0.5, 0.6) is 0 Å². The van der Waals surface area contributed by atoms with Crippen molar-refractivity contribution in [2.75, 3.05) is 6.61 Å². The molecule has 1 atom stereocenters. The molecule has 1 heterocycles. The van der Waals surface area contributed by atoms with Gasteiger partial charge in [0.05, 0.1) is 12.7 Å². The lowest BCUT2D eigenvalue weighted by Gasteiger charge is -2.28. The Balaban J connectivity index is 2.47. The molecule has 0 aromatic rings. The first-order chi connectivity index (χ1) is 5.77. The summed E-state index contributed by atoms with van der Waals surface area (Å²) in [4.78, 5) is 0. The van der Waals surface area contributed by atoms with Crippen LogP contribution in [0.4, 0.5) is 0 Å². The number of rotatable bonds is 3. The van der Waals surface area contributed by atoms with Crippen LogP contribution in [0.3, 0.4) is 0 Å². The molecule has 0 spiro atoms. The van der Waals surface area contributed by atoms with E-state index in [4.69, 9.17) is 4.74 Å². The number of ether oxygens (including phenoxy) is 1. The van der Waals surface area contributed by atoms with E-state index < -0.39 is 0 Å². The molecule has 1 heteroatoms. The van der Waals surface area contributed by atoms with Gasteiger partial charge in [-0.15, -0.1) is 0 Å². The normalized spacial score (nSPS) is 24.3. The molecule has 1 rings (SSSR count). The van der Waals surface area contributed by atoms with Crippen molar-refractivity contribution in [3.63, 3.8) is 0 Å². The summed E-state index contributed by atoms with van der Waals surface area (Å²) in [6, 6.07) is 0. The van der Waals surface area contributed by atoms with Gasteiger partial charge >= 0.3 is 0 Å². The lowest BCUT2D eigenvalue weighted by molar-refractivity contribution is 0.0178. The average Bonchev–Trinajstić information content (AvgIpc) is 2.07. The fourth-order valence-corrected chi connectivity index (χ4v) is 1.89. The van der Waals surface area contributed by atoms with Gasteiger partial charge in [-0.25, -0.2) is 0 Å². The molecule has 0 N–H and O–H groups in total. The molecule has 12 heavy (non-hydrogen) atoms. The van der Waals surface area contributed by atoms with Crippen LogP contribution < -0.4 is 0 Å². The van der Waals surface area contributed by atoms with Gasteiger partial charge in [-0.05, 0) is 19.3 Å². The molecular formula is C11H20O. The van der Waals surface area contributed by atoms with Crippen LogP contribution in [-0.4, -0.2) is 12.7 Å². The Morgan fingerprint density at radius 3 is 2.67 bits per heavy atom. The second-order valence-corrected chi connectivity index (χ2v) is 3.70. The van der Waals surface area contributed by atoms with Gasteiger partial charge in [0.25, 0.3) is 0 Å². The Labute approximate surface area is 75.8 Å². The number of hydrogen-bond acceptors (Lipinski definition) is 1. The summed E-state index contributed by atoms with van der Waals surface area (Å²) in [6.07, 6.45) is 6.32. The first-order valence-electron chi connectivity index (χ1n) is 5.05. The highest BCUT2D eigenvalue weighted by atomic mass is 16.5. The van der Waals surface area contributed by atoms with E-state index >= 15 is 0 Å². The van der Waals surface area contributed by atoms with Crippen LogP contribution in [-0.2, 0) is 4.74 Å². The highest BCUT2D eigenvalue weighted by Gasteiger charge is 2.21. The zero-order valence-electron chi connectivity index (χ0n) is 8.47. The molecule has 0 bridgehead atoms. The monoisotopic (exact) mass is 168 g/mol. The fraction of sp³-hybridized carbons (Fsp3) is 0.818. The maximum absolute atomic E-state index is 5.72. The average molecular weight is 168 g/mol. The molecule has 0 fully saturated rings. The Kier molecular flexibility index (Phi) is 3.80. The van der Waals surface area contributed by atoms with Crippen molar-refractivity contribution in [1.29, 1.82) is 0 Å². The minimum atomic E-state index is 0.491. The Morgan fingerprint density at radius 2 is 2.17 bits per heavy atom.